The van der Waals surface area contributed by atoms with Gasteiger partial charge >= 0.3 is 6.09 Å². The second-order valence-corrected chi connectivity index (χ2v) is 5.12. The molecular weight excluding hydrogens is 289 g/mol. The van der Waals surface area contributed by atoms with E-state index in [2.05, 4.69) is 15.8 Å². The minimum absolute atomic E-state index is 0.0652. The van der Waals surface area contributed by atoms with E-state index < -0.39 is 23.2 Å². The minimum Gasteiger partial charge on any atom is -0.444 e. The molecule has 1 amide bonds. The lowest BCUT2D eigenvalue weighted by molar-refractivity contribution is 0.0635. The highest BCUT2D eigenvalue weighted by atomic mass is 19.1. The maximum absolute atomic E-state index is 13.8. The Labute approximate surface area is 127 Å². The smallest absolute Gasteiger partial charge is 0.412 e. The van der Waals surface area contributed by atoms with Crippen LogP contribution >= 0.6 is 0 Å². The van der Waals surface area contributed by atoms with Gasteiger partial charge in [0.05, 0.1) is 11.4 Å². The number of nitriles is 2. The Balaban J connectivity index is 2.79. The molecule has 0 fully saturated rings. The molecule has 1 aromatic carbocycles. The Morgan fingerprint density at radius 3 is 2.45 bits per heavy atom. The molecule has 0 atom stereocenters. The quantitative estimate of drug-likeness (QED) is 0.658. The molecule has 0 saturated carbocycles. The lowest BCUT2D eigenvalue weighted by Crippen LogP contribution is -2.27. The van der Waals surface area contributed by atoms with E-state index in [1.165, 1.54) is 12.1 Å². The summed E-state index contributed by atoms with van der Waals surface area (Å²) in [5, 5.41) is 22.8. The highest BCUT2D eigenvalue weighted by Gasteiger charge is 2.17. The summed E-state index contributed by atoms with van der Waals surface area (Å²) in [6.07, 6.45) is -0.777. The topological polar surface area (TPSA) is 110 Å². The SMILES string of the molecule is CC(C)(C)OC(=O)Nc1ccc(NN=C(C#N)C#N)cc1F. The van der Waals surface area contributed by atoms with E-state index in [0.29, 0.717) is 0 Å². The molecule has 0 radical (unpaired) electrons. The van der Waals surface area contributed by atoms with Crippen LogP contribution in [-0.2, 0) is 4.74 Å². The van der Waals surface area contributed by atoms with Crippen molar-refractivity contribution in [2.75, 3.05) is 10.7 Å². The number of hydrazone groups is 1. The summed E-state index contributed by atoms with van der Waals surface area (Å²) in [6, 6.07) is 6.89. The molecule has 0 aliphatic heterocycles. The second kappa shape index (κ2) is 7.04. The van der Waals surface area contributed by atoms with Gasteiger partial charge in [0, 0.05) is 6.07 Å². The van der Waals surface area contributed by atoms with Crippen LogP contribution in [0, 0.1) is 28.5 Å². The van der Waals surface area contributed by atoms with Crippen LogP contribution in [0.4, 0.5) is 20.6 Å². The van der Waals surface area contributed by atoms with Gasteiger partial charge in [0.2, 0.25) is 5.71 Å². The van der Waals surface area contributed by atoms with Crippen molar-refractivity contribution in [1.82, 2.24) is 0 Å². The van der Waals surface area contributed by atoms with E-state index in [4.69, 9.17) is 15.3 Å². The maximum Gasteiger partial charge on any atom is 0.412 e. The first-order chi connectivity index (χ1) is 10.2. The number of nitrogens with zero attached hydrogens (tertiary/aromatic N) is 3. The lowest BCUT2D eigenvalue weighted by Gasteiger charge is -2.19. The van der Waals surface area contributed by atoms with E-state index in [1.54, 1.807) is 32.9 Å². The van der Waals surface area contributed by atoms with Crippen molar-refractivity contribution in [2.45, 2.75) is 26.4 Å². The van der Waals surface area contributed by atoms with Crippen molar-refractivity contribution in [3.05, 3.63) is 24.0 Å². The maximum atomic E-state index is 13.8. The van der Waals surface area contributed by atoms with Crippen molar-refractivity contribution < 1.29 is 13.9 Å². The Morgan fingerprint density at radius 1 is 1.32 bits per heavy atom. The van der Waals surface area contributed by atoms with Gasteiger partial charge in [-0.25, -0.2) is 9.18 Å². The summed E-state index contributed by atoms with van der Waals surface area (Å²) >= 11 is 0. The summed E-state index contributed by atoms with van der Waals surface area (Å²) in [6.45, 7) is 5.07. The predicted octanol–water partition coefficient (Wildman–Crippen LogP) is 2.99. The van der Waals surface area contributed by atoms with Crippen molar-refractivity contribution in [3.63, 3.8) is 0 Å². The number of benzene rings is 1. The zero-order chi connectivity index (χ0) is 16.8. The van der Waals surface area contributed by atoms with Crippen molar-refractivity contribution >= 4 is 23.2 Å². The first kappa shape index (κ1) is 16.9. The van der Waals surface area contributed by atoms with Crippen LogP contribution in [0.1, 0.15) is 20.8 Å². The molecule has 22 heavy (non-hydrogen) atoms. The van der Waals surface area contributed by atoms with Gasteiger partial charge in [0.15, 0.2) is 0 Å². The third-order valence-electron chi connectivity index (χ3n) is 2.11. The number of ether oxygens (including phenoxy) is 1. The van der Waals surface area contributed by atoms with Gasteiger partial charge in [-0.1, -0.05) is 0 Å². The molecule has 1 rings (SSSR count). The molecule has 1 aromatic rings. The molecule has 0 spiro atoms. The number of carbonyl (C=O) groups is 1. The number of carbonyl (C=O) groups excluding carboxylic acids is 1. The van der Waals surface area contributed by atoms with Crippen molar-refractivity contribution in [2.24, 2.45) is 5.10 Å². The second-order valence-electron chi connectivity index (χ2n) is 5.12. The largest absolute Gasteiger partial charge is 0.444 e. The Kier molecular flexibility index (Phi) is 5.42. The highest BCUT2D eigenvalue weighted by molar-refractivity contribution is 6.10. The van der Waals surface area contributed by atoms with Gasteiger partial charge in [-0.15, -0.1) is 0 Å². The summed E-state index contributed by atoms with van der Waals surface area (Å²) in [5.41, 5.74) is 1.43. The number of hydrogen-bond donors (Lipinski definition) is 2. The number of nitrogens with one attached hydrogen (secondary N) is 2. The zero-order valence-corrected chi connectivity index (χ0v) is 12.3. The molecule has 0 aliphatic rings. The summed E-state index contributed by atoms with van der Waals surface area (Å²) < 4.78 is 18.9. The molecular formula is C14H14FN5O2. The summed E-state index contributed by atoms with van der Waals surface area (Å²) in [4.78, 5) is 11.5. The van der Waals surface area contributed by atoms with E-state index in [9.17, 15) is 9.18 Å². The number of anilines is 2. The molecule has 0 aromatic heterocycles. The van der Waals surface area contributed by atoms with Gasteiger partial charge < -0.3 is 4.74 Å². The molecule has 0 saturated heterocycles. The van der Waals surface area contributed by atoms with Crippen molar-refractivity contribution in [3.8, 4) is 12.1 Å². The standard InChI is InChI=1S/C14H14FN5O2/c1-14(2,3)22-13(21)18-12-5-4-9(6-11(12)15)19-20-10(7-16)8-17/h4-6,19H,1-3H3,(H,18,21). The van der Waals surface area contributed by atoms with Gasteiger partial charge in [0.25, 0.3) is 0 Å². The molecule has 2 N–H and O–H groups in total. The molecule has 8 heteroatoms. The summed E-state index contributed by atoms with van der Waals surface area (Å²) in [7, 11) is 0. The van der Waals surface area contributed by atoms with E-state index in [-0.39, 0.29) is 11.4 Å². The first-order valence-electron chi connectivity index (χ1n) is 6.18. The average Bonchev–Trinajstić information content (AvgIpc) is 2.40. The Bertz CT molecular complexity index is 664. The molecule has 0 bridgehead atoms. The van der Waals surface area contributed by atoms with Gasteiger partial charge in [-0.2, -0.15) is 15.6 Å². The zero-order valence-electron chi connectivity index (χ0n) is 12.3. The van der Waals surface area contributed by atoms with E-state index in [1.807, 2.05) is 0 Å². The van der Waals surface area contributed by atoms with Crippen molar-refractivity contribution in [1.29, 1.82) is 10.5 Å². The van der Waals surface area contributed by atoms with Crippen LogP contribution < -0.4 is 10.7 Å². The monoisotopic (exact) mass is 303 g/mol. The third-order valence-corrected chi connectivity index (χ3v) is 2.11. The van der Waals surface area contributed by atoms with Crippen LogP contribution in [0.3, 0.4) is 0 Å². The molecule has 114 valence electrons. The van der Waals surface area contributed by atoms with Crippen LogP contribution in [-0.4, -0.2) is 17.4 Å². The number of rotatable bonds is 3. The average molecular weight is 303 g/mol. The van der Waals surface area contributed by atoms with Gasteiger partial charge in [-0.3, -0.25) is 10.7 Å². The predicted molar refractivity (Wildman–Crippen MR) is 78.5 cm³/mol. The third kappa shape index (κ3) is 5.47. The Hall–Kier alpha value is -3.13. The number of halogens is 1. The van der Waals surface area contributed by atoms with E-state index >= 15 is 0 Å². The van der Waals surface area contributed by atoms with Crippen LogP contribution in [0.2, 0.25) is 0 Å². The fourth-order valence-electron chi connectivity index (χ4n) is 1.30. The van der Waals surface area contributed by atoms with Gasteiger partial charge in [0.1, 0.15) is 23.6 Å². The van der Waals surface area contributed by atoms with Crippen LogP contribution in [0.15, 0.2) is 23.3 Å². The molecule has 0 heterocycles. The minimum atomic E-state index is -0.777. The fraction of sp³-hybridized carbons (Fsp3) is 0.286. The first-order valence-corrected chi connectivity index (χ1v) is 6.18. The molecule has 0 aliphatic carbocycles. The highest BCUT2D eigenvalue weighted by Crippen LogP contribution is 2.20. The Morgan fingerprint density at radius 2 is 1.95 bits per heavy atom. The normalized spacial score (nSPS) is 9.91. The number of amides is 1. The fourth-order valence-corrected chi connectivity index (χ4v) is 1.30. The van der Waals surface area contributed by atoms with Crippen LogP contribution in [0.5, 0.6) is 0 Å². The van der Waals surface area contributed by atoms with E-state index in [0.717, 1.165) is 6.07 Å². The lowest BCUT2D eigenvalue weighted by atomic mass is 10.2. The number of hydrogen-bond acceptors (Lipinski definition) is 6. The molecule has 7 nitrogen and oxygen atoms in total. The summed E-state index contributed by atoms with van der Waals surface area (Å²) in [5.74, 6) is -0.721. The van der Waals surface area contributed by atoms with Crippen LogP contribution in [0.25, 0.3) is 0 Å². The molecule has 0 unspecified atom stereocenters. The van der Waals surface area contributed by atoms with Gasteiger partial charge in [-0.05, 0) is 32.9 Å².